The maximum Gasteiger partial charge on any atom is 0.259 e. The zero-order valence-electron chi connectivity index (χ0n) is 14.8. The highest BCUT2D eigenvalue weighted by atomic mass is 16.5. The Morgan fingerprint density at radius 1 is 1.24 bits per heavy atom. The number of aliphatic hydroxyl groups is 1. The van der Waals surface area contributed by atoms with Gasteiger partial charge in [0.2, 0.25) is 0 Å². The van der Waals surface area contributed by atoms with Crippen molar-refractivity contribution in [1.82, 2.24) is 24.6 Å². The molecule has 0 bridgehead atoms. The molecule has 8 heteroatoms. The van der Waals surface area contributed by atoms with Gasteiger partial charge in [0.1, 0.15) is 11.3 Å². The molecule has 1 fully saturated rings. The molecule has 0 aromatic carbocycles. The molecule has 1 aliphatic rings. The third kappa shape index (κ3) is 3.45. The van der Waals surface area contributed by atoms with Crippen LogP contribution in [0.2, 0.25) is 0 Å². The van der Waals surface area contributed by atoms with E-state index in [1.54, 1.807) is 17.1 Å². The number of fused-ring (bicyclic) bond motifs is 1. The Bertz CT molecular complexity index is 737. The molecule has 0 saturated carbocycles. The quantitative estimate of drug-likeness (QED) is 0.824. The van der Waals surface area contributed by atoms with Crippen LogP contribution < -0.4 is 4.74 Å². The van der Waals surface area contributed by atoms with E-state index < -0.39 is 0 Å². The van der Waals surface area contributed by atoms with E-state index in [9.17, 15) is 4.79 Å². The molecule has 1 N–H and O–H groups in total. The fourth-order valence-electron chi connectivity index (χ4n) is 3.17. The number of carbonyl (C=O) groups is 1. The molecule has 0 radical (unpaired) electrons. The summed E-state index contributed by atoms with van der Waals surface area (Å²) in [7, 11) is 0. The molecule has 0 unspecified atom stereocenters. The minimum absolute atomic E-state index is 0.0641. The molecular formula is C17H25N5O3. The SMILES string of the molecule is CCOc1c(C(=O)N2CCN(CCO)CC2)cnc2c1cnn2CC. The number of aryl methyl sites for hydroxylation is 1. The van der Waals surface area contributed by atoms with Gasteiger partial charge in [0.05, 0.1) is 24.8 Å². The van der Waals surface area contributed by atoms with Gasteiger partial charge in [0, 0.05) is 45.5 Å². The lowest BCUT2D eigenvalue weighted by Gasteiger charge is -2.34. The third-order valence-corrected chi connectivity index (χ3v) is 4.51. The molecule has 25 heavy (non-hydrogen) atoms. The van der Waals surface area contributed by atoms with E-state index in [0.29, 0.717) is 44.1 Å². The van der Waals surface area contributed by atoms with Gasteiger partial charge in [0.15, 0.2) is 5.65 Å². The lowest BCUT2D eigenvalue weighted by atomic mass is 10.1. The highest BCUT2D eigenvalue weighted by molar-refractivity contribution is 6.01. The van der Waals surface area contributed by atoms with Crippen LogP contribution in [0.25, 0.3) is 11.0 Å². The Morgan fingerprint density at radius 3 is 2.64 bits per heavy atom. The predicted molar refractivity (Wildman–Crippen MR) is 93.8 cm³/mol. The number of amides is 1. The Labute approximate surface area is 147 Å². The summed E-state index contributed by atoms with van der Waals surface area (Å²) in [5.74, 6) is 0.501. The minimum Gasteiger partial charge on any atom is -0.492 e. The third-order valence-electron chi connectivity index (χ3n) is 4.51. The smallest absolute Gasteiger partial charge is 0.259 e. The molecular weight excluding hydrogens is 322 g/mol. The lowest BCUT2D eigenvalue weighted by Crippen LogP contribution is -2.49. The van der Waals surface area contributed by atoms with E-state index in [2.05, 4.69) is 15.0 Å². The van der Waals surface area contributed by atoms with Gasteiger partial charge >= 0.3 is 0 Å². The van der Waals surface area contributed by atoms with Crippen molar-refractivity contribution in [3.8, 4) is 5.75 Å². The maximum atomic E-state index is 13.0. The van der Waals surface area contributed by atoms with Crippen molar-refractivity contribution in [3.63, 3.8) is 0 Å². The van der Waals surface area contributed by atoms with Crippen molar-refractivity contribution in [2.45, 2.75) is 20.4 Å². The summed E-state index contributed by atoms with van der Waals surface area (Å²) in [6.45, 7) is 8.67. The molecule has 2 aromatic rings. The van der Waals surface area contributed by atoms with E-state index >= 15 is 0 Å². The summed E-state index contributed by atoms with van der Waals surface area (Å²) < 4.78 is 7.59. The van der Waals surface area contributed by atoms with E-state index in [0.717, 1.165) is 24.1 Å². The fourth-order valence-corrected chi connectivity index (χ4v) is 3.17. The van der Waals surface area contributed by atoms with Crippen molar-refractivity contribution >= 4 is 16.9 Å². The monoisotopic (exact) mass is 347 g/mol. The summed E-state index contributed by atoms with van der Waals surface area (Å²) >= 11 is 0. The highest BCUT2D eigenvalue weighted by Gasteiger charge is 2.26. The van der Waals surface area contributed by atoms with E-state index in [1.807, 2.05) is 18.7 Å². The molecule has 3 rings (SSSR count). The second-order valence-corrected chi connectivity index (χ2v) is 5.99. The molecule has 1 aliphatic heterocycles. The second kappa shape index (κ2) is 7.79. The number of nitrogens with zero attached hydrogens (tertiary/aromatic N) is 5. The van der Waals surface area contributed by atoms with Gasteiger partial charge < -0.3 is 14.7 Å². The van der Waals surface area contributed by atoms with E-state index in [-0.39, 0.29) is 12.5 Å². The van der Waals surface area contributed by atoms with Gasteiger partial charge in [-0.25, -0.2) is 9.67 Å². The first-order valence-corrected chi connectivity index (χ1v) is 8.79. The molecule has 1 amide bonds. The number of β-amino-alcohol motifs (C(OH)–C–C–N with tert-alkyl or cyclic N) is 1. The standard InChI is InChI=1S/C17H25N5O3/c1-3-22-16-13(12-19-22)15(25-4-2)14(11-18-16)17(24)21-7-5-20(6-8-21)9-10-23/h11-12,23H,3-10H2,1-2H3. The van der Waals surface area contributed by atoms with E-state index in [4.69, 9.17) is 9.84 Å². The minimum atomic E-state index is -0.0641. The number of ether oxygens (including phenoxy) is 1. The molecule has 136 valence electrons. The second-order valence-electron chi connectivity index (χ2n) is 5.99. The highest BCUT2D eigenvalue weighted by Crippen LogP contribution is 2.29. The van der Waals surface area contributed by atoms with Crippen LogP contribution in [0.5, 0.6) is 5.75 Å². The van der Waals surface area contributed by atoms with Crippen LogP contribution >= 0.6 is 0 Å². The van der Waals surface area contributed by atoms with E-state index in [1.165, 1.54) is 0 Å². The van der Waals surface area contributed by atoms with Crippen LogP contribution in [0.4, 0.5) is 0 Å². The number of hydrogen-bond donors (Lipinski definition) is 1. The zero-order chi connectivity index (χ0) is 17.8. The summed E-state index contributed by atoms with van der Waals surface area (Å²) in [6, 6.07) is 0. The van der Waals surface area contributed by atoms with Crippen LogP contribution in [0.15, 0.2) is 12.4 Å². The lowest BCUT2D eigenvalue weighted by molar-refractivity contribution is 0.0611. The number of piperazine rings is 1. The van der Waals surface area contributed by atoms with Gasteiger partial charge in [-0.1, -0.05) is 0 Å². The van der Waals surface area contributed by atoms with Gasteiger partial charge in [0.25, 0.3) is 5.91 Å². The average molecular weight is 347 g/mol. The summed E-state index contributed by atoms with van der Waals surface area (Å²) in [4.78, 5) is 21.4. The van der Waals surface area contributed by atoms with Crippen LogP contribution in [0, 0.1) is 0 Å². The first kappa shape index (κ1) is 17.6. The Kier molecular flexibility index (Phi) is 5.50. The fraction of sp³-hybridized carbons (Fsp3) is 0.588. The average Bonchev–Trinajstić information content (AvgIpc) is 3.06. The Balaban J connectivity index is 1.87. The summed E-state index contributed by atoms with van der Waals surface area (Å²) in [6.07, 6.45) is 3.32. The van der Waals surface area contributed by atoms with Crippen molar-refractivity contribution in [1.29, 1.82) is 0 Å². The Morgan fingerprint density at radius 2 is 2.00 bits per heavy atom. The summed E-state index contributed by atoms with van der Waals surface area (Å²) in [5, 5.41) is 14.1. The summed E-state index contributed by atoms with van der Waals surface area (Å²) in [5.41, 5.74) is 1.22. The van der Waals surface area contributed by atoms with Crippen LogP contribution in [-0.4, -0.2) is 81.5 Å². The number of aliphatic hydroxyl groups excluding tert-OH is 1. The molecule has 8 nitrogen and oxygen atoms in total. The zero-order valence-corrected chi connectivity index (χ0v) is 14.8. The van der Waals surface area contributed by atoms with Crippen LogP contribution in [0.1, 0.15) is 24.2 Å². The van der Waals surface area contributed by atoms with Gasteiger partial charge in [-0.3, -0.25) is 9.69 Å². The largest absolute Gasteiger partial charge is 0.492 e. The molecule has 1 saturated heterocycles. The maximum absolute atomic E-state index is 13.0. The number of rotatable bonds is 6. The first-order valence-electron chi connectivity index (χ1n) is 8.79. The van der Waals surface area contributed by atoms with Gasteiger partial charge in [-0.15, -0.1) is 0 Å². The molecule has 3 heterocycles. The number of aromatic nitrogens is 3. The molecule has 0 atom stereocenters. The number of pyridine rings is 1. The normalized spacial score (nSPS) is 15.7. The predicted octanol–water partition coefficient (Wildman–Crippen LogP) is 0.600. The van der Waals surface area contributed by atoms with Crippen LogP contribution in [0.3, 0.4) is 0 Å². The Hall–Kier alpha value is -2.19. The van der Waals surface area contributed by atoms with Crippen molar-refractivity contribution in [2.75, 3.05) is 45.9 Å². The van der Waals surface area contributed by atoms with Crippen molar-refractivity contribution in [2.24, 2.45) is 0 Å². The molecule has 2 aromatic heterocycles. The number of carbonyl (C=O) groups excluding carboxylic acids is 1. The van der Waals surface area contributed by atoms with Crippen molar-refractivity contribution in [3.05, 3.63) is 18.0 Å². The number of hydrogen-bond acceptors (Lipinski definition) is 6. The molecule has 0 spiro atoms. The topological polar surface area (TPSA) is 83.7 Å². The van der Waals surface area contributed by atoms with Gasteiger partial charge in [-0.05, 0) is 13.8 Å². The van der Waals surface area contributed by atoms with Crippen LogP contribution in [-0.2, 0) is 6.54 Å². The van der Waals surface area contributed by atoms with Gasteiger partial charge in [-0.2, -0.15) is 5.10 Å². The first-order chi connectivity index (χ1) is 12.2. The van der Waals surface area contributed by atoms with Crippen molar-refractivity contribution < 1.29 is 14.6 Å². The molecule has 0 aliphatic carbocycles.